The minimum absolute atomic E-state index is 0.0213. The van der Waals surface area contributed by atoms with Gasteiger partial charge in [0.25, 0.3) is 0 Å². The van der Waals surface area contributed by atoms with E-state index >= 15 is 0 Å². The molecule has 0 saturated heterocycles. The Morgan fingerprint density at radius 2 is 1.91 bits per heavy atom. The second kappa shape index (κ2) is 2.34. The average molecular weight is 153 g/mol. The normalized spacial score (nSPS) is 36.6. The zero-order chi connectivity index (χ0) is 8.70. The van der Waals surface area contributed by atoms with Crippen LogP contribution in [0.5, 0.6) is 0 Å². The third-order valence-corrected chi connectivity index (χ3v) is 3.14. The van der Waals surface area contributed by atoms with Gasteiger partial charge >= 0.3 is 0 Å². The molecule has 1 unspecified atom stereocenters. The van der Waals surface area contributed by atoms with Crippen molar-refractivity contribution in [2.75, 3.05) is 0 Å². The van der Waals surface area contributed by atoms with Gasteiger partial charge < -0.3 is 5.73 Å². The minimum atomic E-state index is -0.0213. The molecule has 1 rings (SSSR count). The molecular formula is C10H19N. The smallest absolute Gasteiger partial charge is 0.0215 e. The molecule has 0 aromatic rings. The summed E-state index contributed by atoms with van der Waals surface area (Å²) < 4.78 is 0. The molecule has 0 aliphatic heterocycles. The molecule has 1 aliphatic carbocycles. The van der Waals surface area contributed by atoms with E-state index in [0.717, 1.165) is 12.8 Å². The van der Waals surface area contributed by atoms with Gasteiger partial charge in [-0.15, -0.1) is 0 Å². The predicted octanol–water partition coefficient (Wildman–Crippen LogP) is 2.47. The van der Waals surface area contributed by atoms with Crippen molar-refractivity contribution in [3.63, 3.8) is 0 Å². The molecule has 0 heterocycles. The number of rotatable bonds is 0. The summed E-state index contributed by atoms with van der Waals surface area (Å²) in [5.74, 6) is 0. The molecule has 1 aliphatic rings. The van der Waals surface area contributed by atoms with Crippen molar-refractivity contribution >= 4 is 0 Å². The van der Waals surface area contributed by atoms with Crippen LogP contribution in [0.2, 0.25) is 0 Å². The first-order chi connectivity index (χ1) is 4.85. The molecule has 0 amide bonds. The van der Waals surface area contributed by atoms with E-state index in [-0.39, 0.29) is 11.0 Å². The molecule has 1 atom stereocenters. The standard InChI is InChI=1S/C10H19N/c1-8-5-6-10(4,11)9(2,3)7-8/h5H,6-7,11H2,1-4H3. The van der Waals surface area contributed by atoms with Crippen molar-refractivity contribution in [3.8, 4) is 0 Å². The first-order valence-corrected chi connectivity index (χ1v) is 4.30. The van der Waals surface area contributed by atoms with Crippen LogP contribution in [-0.2, 0) is 0 Å². The van der Waals surface area contributed by atoms with E-state index in [4.69, 9.17) is 5.73 Å². The van der Waals surface area contributed by atoms with Crippen LogP contribution in [0.1, 0.15) is 40.5 Å². The van der Waals surface area contributed by atoms with Crippen LogP contribution in [0.3, 0.4) is 0 Å². The van der Waals surface area contributed by atoms with Crippen LogP contribution in [0.25, 0.3) is 0 Å². The monoisotopic (exact) mass is 153 g/mol. The van der Waals surface area contributed by atoms with Crippen molar-refractivity contribution in [1.29, 1.82) is 0 Å². The van der Waals surface area contributed by atoms with Crippen LogP contribution in [0.15, 0.2) is 11.6 Å². The number of hydrogen-bond donors (Lipinski definition) is 1. The van der Waals surface area contributed by atoms with Crippen molar-refractivity contribution in [3.05, 3.63) is 11.6 Å². The van der Waals surface area contributed by atoms with Gasteiger partial charge in [-0.1, -0.05) is 25.5 Å². The Bertz CT molecular complexity index is 187. The molecule has 0 aromatic heterocycles. The van der Waals surface area contributed by atoms with E-state index in [2.05, 4.69) is 33.8 Å². The third-order valence-electron chi connectivity index (χ3n) is 3.14. The SMILES string of the molecule is CC1=CCC(C)(N)C(C)(C)C1. The van der Waals surface area contributed by atoms with Crippen LogP contribution in [0.4, 0.5) is 0 Å². The lowest BCUT2D eigenvalue weighted by Gasteiger charge is -2.44. The van der Waals surface area contributed by atoms with E-state index in [9.17, 15) is 0 Å². The first kappa shape index (κ1) is 8.79. The zero-order valence-corrected chi connectivity index (χ0v) is 8.07. The predicted molar refractivity (Wildman–Crippen MR) is 49.4 cm³/mol. The topological polar surface area (TPSA) is 26.0 Å². The van der Waals surface area contributed by atoms with Gasteiger partial charge in [-0.2, -0.15) is 0 Å². The molecule has 2 N–H and O–H groups in total. The lowest BCUT2D eigenvalue weighted by Crippen LogP contribution is -2.51. The molecular weight excluding hydrogens is 134 g/mol. The molecule has 11 heavy (non-hydrogen) atoms. The van der Waals surface area contributed by atoms with E-state index in [1.807, 2.05) is 0 Å². The van der Waals surface area contributed by atoms with Gasteiger partial charge in [-0.05, 0) is 32.1 Å². The van der Waals surface area contributed by atoms with Gasteiger partial charge in [-0.3, -0.25) is 0 Å². The number of allylic oxidation sites excluding steroid dienone is 1. The van der Waals surface area contributed by atoms with Crippen LogP contribution >= 0.6 is 0 Å². The van der Waals surface area contributed by atoms with E-state index in [0.29, 0.717) is 0 Å². The Morgan fingerprint density at radius 1 is 1.36 bits per heavy atom. The molecule has 0 aromatic carbocycles. The fourth-order valence-electron chi connectivity index (χ4n) is 1.63. The maximum atomic E-state index is 6.17. The van der Waals surface area contributed by atoms with E-state index < -0.39 is 0 Å². The van der Waals surface area contributed by atoms with Gasteiger partial charge in [0.05, 0.1) is 0 Å². The highest BCUT2D eigenvalue weighted by molar-refractivity contribution is 5.15. The summed E-state index contributed by atoms with van der Waals surface area (Å²) in [5, 5.41) is 0. The average Bonchev–Trinajstić information content (AvgIpc) is 1.80. The van der Waals surface area contributed by atoms with Gasteiger partial charge in [-0.25, -0.2) is 0 Å². The van der Waals surface area contributed by atoms with E-state index in [1.54, 1.807) is 0 Å². The maximum Gasteiger partial charge on any atom is 0.0215 e. The van der Waals surface area contributed by atoms with E-state index in [1.165, 1.54) is 5.57 Å². The lowest BCUT2D eigenvalue weighted by molar-refractivity contribution is 0.172. The van der Waals surface area contributed by atoms with Crippen molar-refractivity contribution in [1.82, 2.24) is 0 Å². The summed E-state index contributed by atoms with van der Waals surface area (Å²) >= 11 is 0. The highest BCUT2D eigenvalue weighted by atomic mass is 14.8. The highest BCUT2D eigenvalue weighted by Crippen LogP contribution is 2.41. The lowest BCUT2D eigenvalue weighted by atomic mass is 9.65. The second-order valence-electron chi connectivity index (χ2n) is 4.73. The first-order valence-electron chi connectivity index (χ1n) is 4.30. The molecule has 0 saturated carbocycles. The Hall–Kier alpha value is -0.300. The fourth-order valence-corrected chi connectivity index (χ4v) is 1.63. The van der Waals surface area contributed by atoms with Gasteiger partial charge in [0.15, 0.2) is 0 Å². The number of nitrogens with two attached hydrogens (primary N) is 1. The van der Waals surface area contributed by atoms with Crippen molar-refractivity contribution < 1.29 is 0 Å². The third kappa shape index (κ3) is 1.48. The molecule has 0 bridgehead atoms. The highest BCUT2D eigenvalue weighted by Gasteiger charge is 2.38. The molecule has 64 valence electrons. The Morgan fingerprint density at radius 3 is 2.27 bits per heavy atom. The quantitative estimate of drug-likeness (QED) is 0.531. The van der Waals surface area contributed by atoms with Crippen LogP contribution in [0, 0.1) is 5.41 Å². The Labute approximate surface area is 69.7 Å². The van der Waals surface area contributed by atoms with Gasteiger partial charge in [0.2, 0.25) is 0 Å². The molecule has 1 nitrogen and oxygen atoms in total. The molecule has 0 radical (unpaired) electrons. The second-order valence-corrected chi connectivity index (χ2v) is 4.73. The summed E-state index contributed by atoms with van der Waals surface area (Å²) in [6.07, 6.45) is 4.43. The summed E-state index contributed by atoms with van der Waals surface area (Å²) in [6, 6.07) is 0. The summed E-state index contributed by atoms with van der Waals surface area (Å²) in [7, 11) is 0. The zero-order valence-electron chi connectivity index (χ0n) is 8.07. The summed E-state index contributed by atoms with van der Waals surface area (Å²) in [5.41, 5.74) is 7.89. The van der Waals surface area contributed by atoms with Crippen molar-refractivity contribution in [2.24, 2.45) is 11.1 Å². The minimum Gasteiger partial charge on any atom is -0.325 e. The van der Waals surface area contributed by atoms with Crippen molar-refractivity contribution in [2.45, 2.75) is 46.1 Å². The van der Waals surface area contributed by atoms with Gasteiger partial charge in [0, 0.05) is 5.54 Å². The Balaban J connectivity index is 2.89. The summed E-state index contributed by atoms with van der Waals surface area (Å²) in [6.45, 7) is 8.85. The molecule has 1 heteroatoms. The maximum absolute atomic E-state index is 6.17. The largest absolute Gasteiger partial charge is 0.325 e. The van der Waals surface area contributed by atoms with Gasteiger partial charge in [0.1, 0.15) is 0 Å². The number of hydrogen-bond acceptors (Lipinski definition) is 1. The molecule has 0 fully saturated rings. The van der Waals surface area contributed by atoms with Crippen LogP contribution in [-0.4, -0.2) is 5.54 Å². The van der Waals surface area contributed by atoms with Crippen LogP contribution < -0.4 is 5.73 Å². The molecule has 0 spiro atoms. The fraction of sp³-hybridized carbons (Fsp3) is 0.800. The summed E-state index contributed by atoms with van der Waals surface area (Å²) in [4.78, 5) is 0. The Kier molecular flexibility index (Phi) is 1.87.